The van der Waals surface area contributed by atoms with Crippen molar-refractivity contribution in [3.63, 3.8) is 0 Å². The van der Waals surface area contributed by atoms with Gasteiger partial charge in [-0.15, -0.1) is 0 Å². The van der Waals surface area contributed by atoms with Crippen molar-refractivity contribution in [1.29, 1.82) is 0 Å². The van der Waals surface area contributed by atoms with E-state index in [0.29, 0.717) is 17.8 Å². The predicted molar refractivity (Wildman–Crippen MR) is 126 cm³/mol. The molecule has 5 nitrogen and oxygen atoms in total. The number of nitrogens with one attached hydrogen (secondary N) is 1. The van der Waals surface area contributed by atoms with Gasteiger partial charge in [-0.2, -0.15) is 0 Å². The van der Waals surface area contributed by atoms with Crippen LogP contribution in [0.5, 0.6) is 0 Å². The molecule has 0 aromatic heterocycles. The zero-order chi connectivity index (χ0) is 22.3. The lowest BCUT2D eigenvalue weighted by atomic mass is 10.1. The third kappa shape index (κ3) is 6.69. The van der Waals surface area contributed by atoms with Gasteiger partial charge in [-0.25, -0.2) is 8.42 Å². The van der Waals surface area contributed by atoms with Crippen LogP contribution >= 0.6 is 0 Å². The summed E-state index contributed by atoms with van der Waals surface area (Å²) in [6, 6.07) is 24.5. The molecule has 0 aliphatic rings. The Kier molecular flexibility index (Phi) is 7.47. The molecule has 162 valence electrons. The maximum absolute atomic E-state index is 12.4. The molecule has 0 atom stereocenters. The molecule has 0 fully saturated rings. The fourth-order valence-electron chi connectivity index (χ4n) is 3.27. The molecule has 3 aromatic rings. The van der Waals surface area contributed by atoms with Crippen molar-refractivity contribution in [2.75, 3.05) is 17.1 Å². The highest BCUT2D eigenvalue weighted by Gasteiger charge is 2.17. The maximum atomic E-state index is 12.4. The number of rotatable bonds is 9. The van der Waals surface area contributed by atoms with Crippen LogP contribution in [0.3, 0.4) is 0 Å². The first-order valence-electron chi connectivity index (χ1n) is 10.3. The number of carbonyl (C=O) groups excluding carboxylic acids is 1. The normalized spacial score (nSPS) is 11.2. The monoisotopic (exact) mass is 436 g/mol. The van der Waals surface area contributed by atoms with Gasteiger partial charge in [-0.05, 0) is 55.2 Å². The molecule has 3 rings (SSSR count). The molecule has 0 heterocycles. The van der Waals surface area contributed by atoms with Crippen molar-refractivity contribution in [2.45, 2.75) is 26.3 Å². The van der Waals surface area contributed by atoms with Gasteiger partial charge in [0.25, 0.3) is 5.91 Å². The van der Waals surface area contributed by atoms with Crippen molar-refractivity contribution in [3.8, 4) is 0 Å². The molecule has 0 unspecified atom stereocenters. The zero-order valence-electron chi connectivity index (χ0n) is 17.9. The number of sulfonamides is 1. The Balaban J connectivity index is 1.55. The lowest BCUT2D eigenvalue weighted by Gasteiger charge is -2.22. The molecule has 0 radical (unpaired) electrons. The number of anilines is 1. The number of benzene rings is 3. The van der Waals surface area contributed by atoms with Crippen LogP contribution in [0.4, 0.5) is 5.69 Å². The van der Waals surface area contributed by atoms with Crippen molar-refractivity contribution in [3.05, 3.63) is 101 Å². The van der Waals surface area contributed by atoms with Crippen molar-refractivity contribution < 1.29 is 13.2 Å². The van der Waals surface area contributed by atoms with Gasteiger partial charge in [0.2, 0.25) is 10.0 Å². The summed E-state index contributed by atoms with van der Waals surface area (Å²) in [5.41, 5.74) is 4.48. The number of nitrogens with zero attached hydrogens (tertiary/aromatic N) is 1. The second-order valence-electron chi connectivity index (χ2n) is 7.65. The third-order valence-electron chi connectivity index (χ3n) is 5.04. The van der Waals surface area contributed by atoms with Crippen LogP contribution in [0.15, 0.2) is 78.9 Å². The van der Waals surface area contributed by atoms with E-state index in [1.165, 1.54) is 21.7 Å². The molecule has 3 aromatic carbocycles. The number of hydrogen-bond donors (Lipinski definition) is 1. The van der Waals surface area contributed by atoms with Gasteiger partial charge in [-0.1, -0.05) is 60.2 Å². The molecule has 0 aliphatic carbocycles. The maximum Gasteiger partial charge on any atom is 0.251 e. The van der Waals surface area contributed by atoms with Gasteiger partial charge < -0.3 is 5.32 Å². The summed E-state index contributed by atoms with van der Waals surface area (Å²) in [5.74, 6) is -0.126. The highest BCUT2D eigenvalue weighted by Crippen LogP contribution is 2.20. The van der Waals surface area contributed by atoms with Gasteiger partial charge in [-0.3, -0.25) is 9.10 Å². The minimum atomic E-state index is -3.43. The van der Waals surface area contributed by atoms with E-state index in [9.17, 15) is 13.2 Å². The molecule has 31 heavy (non-hydrogen) atoms. The van der Waals surface area contributed by atoms with Gasteiger partial charge >= 0.3 is 0 Å². The average Bonchev–Trinajstić information content (AvgIpc) is 2.76. The van der Waals surface area contributed by atoms with E-state index in [1.54, 1.807) is 48.5 Å². The molecule has 0 aliphatic heterocycles. The molecular weight excluding hydrogens is 408 g/mol. The number of para-hydroxylation sites is 1. The Morgan fingerprint density at radius 1 is 0.871 bits per heavy atom. The second-order valence-corrected chi connectivity index (χ2v) is 9.55. The summed E-state index contributed by atoms with van der Waals surface area (Å²) in [5, 5.41) is 2.95. The van der Waals surface area contributed by atoms with E-state index in [0.717, 1.165) is 18.4 Å². The average molecular weight is 437 g/mol. The highest BCUT2D eigenvalue weighted by atomic mass is 32.2. The summed E-state index contributed by atoms with van der Waals surface area (Å²) < 4.78 is 25.8. The summed E-state index contributed by atoms with van der Waals surface area (Å²) >= 11 is 0. The molecule has 0 saturated heterocycles. The van der Waals surface area contributed by atoms with Crippen LogP contribution in [0.2, 0.25) is 0 Å². The highest BCUT2D eigenvalue weighted by molar-refractivity contribution is 7.92. The molecule has 0 bridgehead atoms. The van der Waals surface area contributed by atoms with Gasteiger partial charge in [0.1, 0.15) is 0 Å². The Labute approximate surface area is 184 Å². The standard InChI is InChI=1S/C25H28N2O3S/c1-20-10-12-21(13-11-20)7-6-18-26-25(28)23-16-14-22(15-17-23)19-27(31(2,29)30)24-8-4-3-5-9-24/h3-5,8-17H,6-7,18-19H2,1-2H3,(H,26,28). The van der Waals surface area contributed by atoms with Crippen LogP contribution in [0.1, 0.15) is 33.5 Å². The van der Waals surface area contributed by atoms with Crippen LogP contribution in [-0.2, 0) is 23.0 Å². The summed E-state index contributed by atoms with van der Waals surface area (Å²) in [6.45, 7) is 2.88. The molecule has 6 heteroatoms. The quantitative estimate of drug-likeness (QED) is 0.508. The van der Waals surface area contributed by atoms with Gasteiger partial charge in [0, 0.05) is 12.1 Å². The SMILES string of the molecule is Cc1ccc(CCCNC(=O)c2ccc(CN(c3ccccc3)S(C)(=O)=O)cc2)cc1. The third-order valence-corrected chi connectivity index (χ3v) is 6.18. The van der Waals surface area contributed by atoms with Crippen molar-refractivity contribution in [2.24, 2.45) is 0 Å². The first-order chi connectivity index (χ1) is 14.8. The largest absolute Gasteiger partial charge is 0.352 e. The minimum Gasteiger partial charge on any atom is -0.352 e. The Morgan fingerprint density at radius 2 is 1.48 bits per heavy atom. The number of amides is 1. The van der Waals surface area contributed by atoms with Crippen LogP contribution in [0.25, 0.3) is 0 Å². The molecule has 0 spiro atoms. The van der Waals surface area contributed by atoms with E-state index in [2.05, 4.69) is 36.5 Å². The topological polar surface area (TPSA) is 66.5 Å². The second kappa shape index (κ2) is 10.3. The summed E-state index contributed by atoms with van der Waals surface area (Å²) in [7, 11) is -3.43. The molecule has 1 N–H and O–H groups in total. The lowest BCUT2D eigenvalue weighted by molar-refractivity contribution is 0.0953. The van der Waals surface area contributed by atoms with Crippen molar-refractivity contribution >= 4 is 21.6 Å². The predicted octanol–water partition coefficient (Wildman–Crippen LogP) is 4.32. The van der Waals surface area contributed by atoms with E-state index in [1.807, 2.05) is 6.07 Å². The zero-order valence-corrected chi connectivity index (χ0v) is 18.7. The fourth-order valence-corrected chi connectivity index (χ4v) is 4.16. The number of aryl methyl sites for hydroxylation is 2. The van der Waals surface area contributed by atoms with E-state index in [4.69, 9.17) is 0 Å². The molecule has 0 saturated carbocycles. The van der Waals surface area contributed by atoms with Crippen LogP contribution in [-0.4, -0.2) is 27.1 Å². The van der Waals surface area contributed by atoms with E-state index in [-0.39, 0.29) is 12.5 Å². The van der Waals surface area contributed by atoms with Crippen LogP contribution in [0, 0.1) is 6.92 Å². The first kappa shape index (κ1) is 22.6. The minimum absolute atomic E-state index is 0.126. The van der Waals surface area contributed by atoms with Gasteiger partial charge in [0.05, 0.1) is 18.5 Å². The van der Waals surface area contributed by atoms with Gasteiger partial charge in [0.15, 0.2) is 0 Å². The molecular formula is C25H28N2O3S. The fraction of sp³-hybridized carbons (Fsp3) is 0.240. The number of carbonyl (C=O) groups is 1. The smallest absolute Gasteiger partial charge is 0.251 e. The summed E-state index contributed by atoms with van der Waals surface area (Å²) in [6.07, 6.45) is 2.98. The summed E-state index contributed by atoms with van der Waals surface area (Å²) in [4.78, 5) is 12.4. The van der Waals surface area contributed by atoms with E-state index < -0.39 is 10.0 Å². The first-order valence-corrected chi connectivity index (χ1v) is 12.1. The Bertz CT molecular complexity index is 1090. The van der Waals surface area contributed by atoms with Crippen LogP contribution < -0.4 is 9.62 Å². The Hall–Kier alpha value is -3.12. The lowest BCUT2D eigenvalue weighted by Crippen LogP contribution is -2.29. The van der Waals surface area contributed by atoms with Crippen molar-refractivity contribution in [1.82, 2.24) is 5.32 Å². The van der Waals surface area contributed by atoms with E-state index >= 15 is 0 Å². The Morgan fingerprint density at radius 3 is 2.10 bits per heavy atom. The molecule has 1 amide bonds. The number of hydrogen-bond acceptors (Lipinski definition) is 3.